The largest absolute Gasteiger partial charge is 0.466 e. The molecule has 0 aromatic carbocycles. The average molecular weight is 273 g/mol. The molecule has 0 atom stereocenters. The summed E-state index contributed by atoms with van der Waals surface area (Å²) in [6.45, 7) is 7.56. The molecule has 19 heavy (non-hydrogen) atoms. The highest BCUT2D eigenvalue weighted by Crippen LogP contribution is 2.12. The van der Waals surface area contributed by atoms with E-state index in [9.17, 15) is 9.59 Å². The van der Waals surface area contributed by atoms with Crippen molar-refractivity contribution in [3.63, 3.8) is 0 Å². The first-order valence-corrected chi connectivity index (χ1v) is 7.03. The summed E-state index contributed by atoms with van der Waals surface area (Å²) in [5.74, 6) is -0.132. The lowest BCUT2D eigenvalue weighted by Crippen LogP contribution is -2.39. The van der Waals surface area contributed by atoms with Gasteiger partial charge < -0.3 is 14.4 Å². The lowest BCUT2D eigenvalue weighted by atomic mass is 10.0. The van der Waals surface area contributed by atoms with Crippen molar-refractivity contribution in [2.45, 2.75) is 40.0 Å². The van der Waals surface area contributed by atoms with Gasteiger partial charge in [-0.2, -0.15) is 0 Å². The van der Waals surface area contributed by atoms with Gasteiger partial charge in [-0.25, -0.2) is 0 Å². The van der Waals surface area contributed by atoms with E-state index in [1.54, 1.807) is 18.9 Å². The minimum Gasteiger partial charge on any atom is -0.466 e. The number of nitrogens with zero attached hydrogens (tertiary/aromatic N) is 1. The Morgan fingerprint density at radius 2 is 1.74 bits per heavy atom. The lowest BCUT2D eigenvalue weighted by Gasteiger charge is -2.26. The van der Waals surface area contributed by atoms with Crippen LogP contribution in [0.15, 0.2) is 0 Å². The maximum absolute atomic E-state index is 12.3. The van der Waals surface area contributed by atoms with Crippen molar-refractivity contribution in [1.29, 1.82) is 0 Å². The first-order chi connectivity index (χ1) is 9.10. The van der Waals surface area contributed by atoms with Crippen LogP contribution in [0.3, 0.4) is 0 Å². The van der Waals surface area contributed by atoms with Crippen LogP contribution in [0.2, 0.25) is 0 Å². The molecule has 0 N–H and O–H groups in total. The minimum absolute atomic E-state index is 0.0269. The summed E-state index contributed by atoms with van der Waals surface area (Å²) in [5, 5.41) is 0. The highest BCUT2D eigenvalue weighted by Gasteiger charge is 2.21. The Hall–Kier alpha value is -1.10. The number of esters is 1. The Morgan fingerprint density at radius 3 is 2.21 bits per heavy atom. The molecule has 0 aliphatic rings. The number of amides is 1. The fourth-order valence-electron chi connectivity index (χ4n) is 1.89. The van der Waals surface area contributed by atoms with Crippen LogP contribution in [0.25, 0.3) is 0 Å². The van der Waals surface area contributed by atoms with Crippen molar-refractivity contribution in [2.24, 2.45) is 5.92 Å². The van der Waals surface area contributed by atoms with Gasteiger partial charge >= 0.3 is 5.97 Å². The van der Waals surface area contributed by atoms with Crippen LogP contribution in [0.1, 0.15) is 40.0 Å². The number of ether oxygens (including phenoxy) is 2. The molecule has 0 fully saturated rings. The molecule has 0 saturated heterocycles. The Labute approximate surface area is 116 Å². The van der Waals surface area contributed by atoms with Crippen molar-refractivity contribution < 1.29 is 19.1 Å². The number of rotatable bonds is 10. The van der Waals surface area contributed by atoms with E-state index in [2.05, 4.69) is 0 Å². The summed E-state index contributed by atoms with van der Waals surface area (Å²) < 4.78 is 9.90. The molecule has 0 bridgehead atoms. The molecule has 0 aliphatic heterocycles. The molecule has 0 spiro atoms. The summed E-state index contributed by atoms with van der Waals surface area (Å²) in [7, 11) is 1.60. The Bertz CT molecular complexity index is 264. The second kappa shape index (κ2) is 10.8. The molecule has 0 aromatic heterocycles. The highest BCUT2D eigenvalue weighted by atomic mass is 16.5. The van der Waals surface area contributed by atoms with E-state index in [1.165, 1.54) is 0 Å². The fourth-order valence-corrected chi connectivity index (χ4v) is 1.89. The summed E-state index contributed by atoms with van der Waals surface area (Å²) in [4.78, 5) is 25.4. The number of hydrogen-bond acceptors (Lipinski definition) is 4. The third-order valence-electron chi connectivity index (χ3n) is 3.10. The molecule has 112 valence electrons. The fraction of sp³-hybridized carbons (Fsp3) is 0.857. The minimum atomic E-state index is -0.262. The van der Waals surface area contributed by atoms with Crippen molar-refractivity contribution in [2.75, 3.05) is 33.4 Å². The van der Waals surface area contributed by atoms with Crippen molar-refractivity contribution >= 4 is 11.9 Å². The molecule has 5 heteroatoms. The van der Waals surface area contributed by atoms with Gasteiger partial charge in [-0.05, 0) is 19.8 Å². The van der Waals surface area contributed by atoms with Crippen LogP contribution in [0.5, 0.6) is 0 Å². The smallest absolute Gasteiger partial charge is 0.307 e. The average Bonchev–Trinajstić information content (AvgIpc) is 2.40. The van der Waals surface area contributed by atoms with E-state index in [0.717, 1.165) is 12.8 Å². The molecule has 0 unspecified atom stereocenters. The monoisotopic (exact) mass is 273 g/mol. The van der Waals surface area contributed by atoms with Gasteiger partial charge in [0.25, 0.3) is 0 Å². The van der Waals surface area contributed by atoms with E-state index in [4.69, 9.17) is 9.47 Å². The van der Waals surface area contributed by atoms with Gasteiger partial charge in [0.05, 0.1) is 19.6 Å². The summed E-state index contributed by atoms with van der Waals surface area (Å²) in [6.07, 6.45) is 1.87. The SMILES string of the molecule is CCOC(=O)CCN(CCOC)C(=O)C(CC)CC. The Morgan fingerprint density at radius 1 is 1.11 bits per heavy atom. The zero-order chi connectivity index (χ0) is 14.7. The summed E-state index contributed by atoms with van der Waals surface area (Å²) in [6, 6.07) is 0. The molecular formula is C14H27NO4. The molecule has 0 heterocycles. The predicted molar refractivity (Wildman–Crippen MR) is 73.8 cm³/mol. The van der Waals surface area contributed by atoms with Gasteiger partial charge in [-0.1, -0.05) is 13.8 Å². The third kappa shape index (κ3) is 7.15. The number of carbonyl (C=O) groups excluding carboxylic acids is 2. The molecule has 0 radical (unpaired) electrons. The molecule has 0 aliphatic carbocycles. The van der Waals surface area contributed by atoms with Gasteiger partial charge in [0.1, 0.15) is 0 Å². The topological polar surface area (TPSA) is 55.8 Å². The number of methoxy groups -OCH3 is 1. The Balaban J connectivity index is 4.43. The van der Waals surface area contributed by atoms with Crippen LogP contribution in [0, 0.1) is 5.92 Å². The molecular weight excluding hydrogens is 246 g/mol. The van der Waals surface area contributed by atoms with Crippen molar-refractivity contribution in [3.05, 3.63) is 0 Å². The second-order valence-electron chi connectivity index (χ2n) is 4.39. The standard InChI is InChI=1S/C14H27NO4/c1-5-12(6-2)14(17)15(10-11-18-4)9-8-13(16)19-7-3/h12H,5-11H2,1-4H3. The first-order valence-electron chi connectivity index (χ1n) is 7.03. The van der Waals surface area contributed by atoms with Gasteiger partial charge in [-0.3, -0.25) is 9.59 Å². The van der Waals surface area contributed by atoms with Gasteiger partial charge in [0, 0.05) is 26.1 Å². The maximum atomic E-state index is 12.3. The van der Waals surface area contributed by atoms with Crippen molar-refractivity contribution in [3.8, 4) is 0 Å². The number of carbonyl (C=O) groups is 2. The van der Waals surface area contributed by atoms with Gasteiger partial charge in [-0.15, -0.1) is 0 Å². The van der Waals surface area contributed by atoms with Crippen molar-refractivity contribution in [1.82, 2.24) is 4.90 Å². The molecule has 0 rings (SSSR count). The molecule has 1 amide bonds. The van der Waals surface area contributed by atoms with E-state index >= 15 is 0 Å². The third-order valence-corrected chi connectivity index (χ3v) is 3.10. The zero-order valence-corrected chi connectivity index (χ0v) is 12.6. The summed E-state index contributed by atoms with van der Waals surface area (Å²) in [5.41, 5.74) is 0. The van der Waals surface area contributed by atoms with Crippen LogP contribution in [-0.2, 0) is 19.1 Å². The normalized spacial score (nSPS) is 10.6. The number of hydrogen-bond donors (Lipinski definition) is 0. The lowest BCUT2D eigenvalue weighted by molar-refractivity contribution is -0.144. The van der Waals surface area contributed by atoms with Gasteiger partial charge in [0.2, 0.25) is 5.91 Å². The van der Waals surface area contributed by atoms with E-state index < -0.39 is 0 Å². The zero-order valence-electron chi connectivity index (χ0n) is 12.6. The van der Waals surface area contributed by atoms with E-state index in [1.807, 2.05) is 13.8 Å². The summed E-state index contributed by atoms with van der Waals surface area (Å²) >= 11 is 0. The van der Waals surface area contributed by atoms with Crippen LogP contribution in [-0.4, -0.2) is 50.2 Å². The van der Waals surface area contributed by atoms with E-state index in [0.29, 0.717) is 26.3 Å². The molecule has 0 saturated carbocycles. The van der Waals surface area contributed by atoms with Crippen LogP contribution >= 0.6 is 0 Å². The van der Waals surface area contributed by atoms with Crippen LogP contribution in [0.4, 0.5) is 0 Å². The first kappa shape index (κ1) is 17.9. The van der Waals surface area contributed by atoms with Gasteiger partial charge in [0.15, 0.2) is 0 Å². The Kier molecular flexibility index (Phi) is 10.2. The van der Waals surface area contributed by atoms with Crippen LogP contribution < -0.4 is 0 Å². The quantitative estimate of drug-likeness (QED) is 0.570. The molecule has 5 nitrogen and oxygen atoms in total. The predicted octanol–water partition coefficient (Wildman–Crippen LogP) is 1.85. The highest BCUT2D eigenvalue weighted by molar-refractivity contribution is 5.79. The maximum Gasteiger partial charge on any atom is 0.307 e. The van der Waals surface area contributed by atoms with E-state index in [-0.39, 0.29) is 24.2 Å². The second-order valence-corrected chi connectivity index (χ2v) is 4.39. The molecule has 0 aromatic rings.